The summed E-state index contributed by atoms with van der Waals surface area (Å²) in [5, 5.41) is 18.1. The Hall–Kier alpha value is -2.65. The van der Waals surface area contributed by atoms with E-state index in [2.05, 4.69) is 35.0 Å². The SMILES string of the molecule is Cc1nn(COCC[Si](C)(C)C)c(C)c1-c1ncc(NC(=O)C(N)=C(C2CC2)C2CC2)cc1O. The zero-order valence-corrected chi connectivity index (χ0v) is 21.9. The normalized spacial score (nSPS) is 15.9. The highest BCUT2D eigenvalue weighted by Gasteiger charge is 2.39. The summed E-state index contributed by atoms with van der Waals surface area (Å²) in [4.78, 5) is 17.2. The molecule has 0 aromatic carbocycles. The molecule has 2 aliphatic carbocycles. The summed E-state index contributed by atoms with van der Waals surface area (Å²) in [6.45, 7) is 11.9. The molecule has 0 aliphatic heterocycles. The lowest BCUT2D eigenvalue weighted by atomic mass is 10.0. The minimum Gasteiger partial charge on any atom is -0.506 e. The van der Waals surface area contributed by atoms with Gasteiger partial charge in [-0.1, -0.05) is 19.6 Å². The van der Waals surface area contributed by atoms with Gasteiger partial charge in [-0.3, -0.25) is 9.78 Å². The van der Waals surface area contributed by atoms with E-state index < -0.39 is 8.07 Å². The largest absolute Gasteiger partial charge is 0.506 e. The Balaban J connectivity index is 1.46. The van der Waals surface area contributed by atoms with Crippen LogP contribution in [0.5, 0.6) is 5.75 Å². The Morgan fingerprint density at radius 3 is 2.44 bits per heavy atom. The van der Waals surface area contributed by atoms with Gasteiger partial charge in [0.25, 0.3) is 5.91 Å². The minimum atomic E-state index is -1.15. The summed E-state index contributed by atoms with van der Waals surface area (Å²) in [5.74, 6) is 0.595. The molecule has 2 aliphatic rings. The number of amides is 1. The average molecular weight is 484 g/mol. The lowest BCUT2D eigenvalue weighted by Gasteiger charge is -2.15. The Labute approximate surface area is 202 Å². The second-order valence-corrected chi connectivity index (χ2v) is 16.5. The van der Waals surface area contributed by atoms with Gasteiger partial charge in [0.1, 0.15) is 18.2 Å². The highest BCUT2D eigenvalue weighted by Crippen LogP contribution is 2.49. The summed E-state index contributed by atoms with van der Waals surface area (Å²) in [5.41, 5.74) is 10.9. The Morgan fingerprint density at radius 2 is 1.88 bits per heavy atom. The van der Waals surface area contributed by atoms with Gasteiger partial charge in [0.2, 0.25) is 0 Å². The molecule has 0 saturated heterocycles. The molecule has 8 nitrogen and oxygen atoms in total. The van der Waals surface area contributed by atoms with Crippen LogP contribution in [-0.2, 0) is 16.3 Å². The van der Waals surface area contributed by atoms with E-state index >= 15 is 0 Å². The third-order valence-corrected chi connectivity index (χ3v) is 8.25. The summed E-state index contributed by atoms with van der Waals surface area (Å²) < 4.78 is 7.65. The molecule has 2 fully saturated rings. The van der Waals surface area contributed by atoms with Crippen molar-refractivity contribution in [3.8, 4) is 17.0 Å². The summed E-state index contributed by atoms with van der Waals surface area (Å²) in [6.07, 6.45) is 6.02. The number of aromatic hydroxyl groups is 1. The zero-order valence-electron chi connectivity index (χ0n) is 20.9. The van der Waals surface area contributed by atoms with Gasteiger partial charge < -0.3 is 20.9 Å². The predicted octanol–water partition coefficient (Wildman–Crippen LogP) is 4.55. The number of pyridine rings is 1. The molecule has 4 rings (SSSR count). The summed E-state index contributed by atoms with van der Waals surface area (Å²) in [7, 11) is -1.15. The van der Waals surface area contributed by atoms with E-state index in [0.29, 0.717) is 42.3 Å². The van der Waals surface area contributed by atoms with Crippen LogP contribution >= 0.6 is 0 Å². The van der Waals surface area contributed by atoms with Crippen molar-refractivity contribution in [3.63, 3.8) is 0 Å². The van der Waals surface area contributed by atoms with Gasteiger partial charge in [-0.05, 0) is 63.0 Å². The number of hydrogen-bond donors (Lipinski definition) is 3. The molecule has 2 aromatic heterocycles. The highest BCUT2D eigenvalue weighted by atomic mass is 28.3. The number of allylic oxidation sites excluding steroid dienone is 1. The van der Waals surface area contributed by atoms with Crippen molar-refractivity contribution < 1.29 is 14.6 Å². The van der Waals surface area contributed by atoms with Gasteiger partial charge in [0.15, 0.2) is 0 Å². The van der Waals surface area contributed by atoms with Crippen molar-refractivity contribution in [2.45, 2.75) is 71.9 Å². The number of nitrogens with one attached hydrogen (secondary N) is 1. The van der Waals surface area contributed by atoms with Gasteiger partial charge in [0.05, 0.1) is 23.3 Å². The van der Waals surface area contributed by atoms with E-state index in [0.717, 1.165) is 54.3 Å². The number of carbonyl (C=O) groups is 1. The molecule has 0 radical (unpaired) electrons. The highest BCUT2D eigenvalue weighted by molar-refractivity contribution is 6.76. The molecule has 2 heterocycles. The van der Waals surface area contributed by atoms with Gasteiger partial charge in [-0.15, -0.1) is 0 Å². The fourth-order valence-corrected chi connectivity index (χ4v) is 5.06. The molecule has 0 unspecified atom stereocenters. The van der Waals surface area contributed by atoms with E-state index in [-0.39, 0.29) is 11.7 Å². The van der Waals surface area contributed by atoms with E-state index in [1.165, 1.54) is 6.07 Å². The molecule has 0 atom stereocenters. The molecule has 1 amide bonds. The van der Waals surface area contributed by atoms with E-state index in [1.807, 2.05) is 13.8 Å². The molecule has 2 aromatic rings. The first-order valence-electron chi connectivity index (χ1n) is 12.2. The molecule has 34 heavy (non-hydrogen) atoms. The van der Waals surface area contributed by atoms with E-state index in [4.69, 9.17) is 10.5 Å². The van der Waals surface area contributed by atoms with Gasteiger partial charge in [-0.2, -0.15) is 5.10 Å². The number of rotatable bonds is 10. The van der Waals surface area contributed by atoms with Gasteiger partial charge in [-0.25, -0.2) is 4.68 Å². The first-order chi connectivity index (χ1) is 16.0. The number of anilines is 1. The summed E-state index contributed by atoms with van der Waals surface area (Å²) >= 11 is 0. The fourth-order valence-electron chi connectivity index (χ4n) is 4.30. The molecule has 0 spiro atoms. The number of aromatic nitrogens is 3. The zero-order chi connectivity index (χ0) is 24.6. The number of nitrogens with two attached hydrogens (primary N) is 1. The average Bonchev–Trinajstić information content (AvgIpc) is 3.67. The first kappa shape index (κ1) is 24.5. The van der Waals surface area contributed by atoms with Crippen LogP contribution in [0, 0.1) is 25.7 Å². The van der Waals surface area contributed by atoms with Crippen molar-refractivity contribution in [1.82, 2.24) is 14.8 Å². The van der Waals surface area contributed by atoms with Gasteiger partial charge in [0, 0.05) is 32.0 Å². The van der Waals surface area contributed by atoms with Crippen molar-refractivity contribution in [3.05, 3.63) is 34.9 Å². The summed E-state index contributed by atoms with van der Waals surface area (Å²) in [6, 6.07) is 2.61. The number of nitrogens with zero attached hydrogens (tertiary/aromatic N) is 3. The number of ether oxygens (including phenoxy) is 1. The van der Waals surface area contributed by atoms with Gasteiger partial charge >= 0.3 is 0 Å². The lowest BCUT2D eigenvalue weighted by molar-refractivity contribution is -0.113. The molecule has 9 heteroatoms. The van der Waals surface area contributed by atoms with Crippen LogP contribution in [0.2, 0.25) is 25.7 Å². The Bertz CT molecular complexity index is 1100. The molecule has 0 bridgehead atoms. The number of hydrogen-bond acceptors (Lipinski definition) is 6. The standard InChI is InChI=1S/C25H37N5O3Si/c1-15-21(16(2)30(29-15)14-33-10-11-34(3,4)5)24-20(31)12-19(13-27-24)28-25(32)23(26)22(17-6-7-17)18-8-9-18/h12-13,17-18,31H,6-11,14,26H2,1-5H3,(H,28,32). The third kappa shape index (κ3) is 5.70. The molecule has 4 N–H and O–H groups in total. The van der Waals surface area contributed by atoms with Crippen molar-refractivity contribution in [2.24, 2.45) is 17.6 Å². The van der Waals surface area contributed by atoms with Crippen molar-refractivity contribution >= 4 is 19.7 Å². The Morgan fingerprint density at radius 1 is 1.24 bits per heavy atom. The second-order valence-electron chi connectivity index (χ2n) is 10.9. The lowest BCUT2D eigenvalue weighted by Crippen LogP contribution is -2.23. The van der Waals surface area contributed by atoms with Crippen LogP contribution in [0.4, 0.5) is 5.69 Å². The predicted molar refractivity (Wildman–Crippen MR) is 136 cm³/mol. The maximum atomic E-state index is 12.8. The van der Waals surface area contributed by atoms with Crippen LogP contribution in [0.3, 0.4) is 0 Å². The number of carbonyl (C=O) groups excluding carboxylic acids is 1. The quantitative estimate of drug-likeness (QED) is 0.259. The Kier molecular flexibility index (Phi) is 6.86. The topological polar surface area (TPSA) is 115 Å². The molecular formula is C25H37N5O3Si. The van der Waals surface area contributed by atoms with Crippen LogP contribution in [-0.4, -0.2) is 40.5 Å². The van der Waals surface area contributed by atoms with E-state index in [9.17, 15) is 9.90 Å². The fraction of sp³-hybridized carbons (Fsp3) is 0.560. The van der Waals surface area contributed by atoms with Crippen LogP contribution in [0.25, 0.3) is 11.3 Å². The van der Waals surface area contributed by atoms with Crippen LogP contribution in [0.15, 0.2) is 23.5 Å². The maximum Gasteiger partial charge on any atom is 0.271 e. The second kappa shape index (κ2) is 9.54. The van der Waals surface area contributed by atoms with E-state index in [1.54, 1.807) is 10.9 Å². The van der Waals surface area contributed by atoms with Crippen molar-refractivity contribution in [2.75, 3.05) is 11.9 Å². The maximum absolute atomic E-state index is 12.8. The molecule has 184 valence electrons. The monoisotopic (exact) mass is 483 g/mol. The van der Waals surface area contributed by atoms with Crippen molar-refractivity contribution in [1.29, 1.82) is 0 Å². The number of aryl methyl sites for hydroxylation is 1. The van der Waals surface area contributed by atoms with Crippen LogP contribution in [0.1, 0.15) is 37.1 Å². The molecule has 2 saturated carbocycles. The first-order valence-corrected chi connectivity index (χ1v) is 15.9. The third-order valence-electron chi connectivity index (χ3n) is 6.54. The molecular weight excluding hydrogens is 446 g/mol. The smallest absolute Gasteiger partial charge is 0.271 e. The minimum absolute atomic E-state index is 0.0182. The van der Waals surface area contributed by atoms with Crippen LogP contribution < -0.4 is 11.1 Å².